The highest BCUT2D eigenvalue weighted by Gasteiger charge is 2.32. The van der Waals surface area contributed by atoms with E-state index in [1.54, 1.807) is 12.1 Å². The first-order chi connectivity index (χ1) is 10.0. The molecule has 1 saturated heterocycles. The Morgan fingerprint density at radius 2 is 2.14 bits per heavy atom. The van der Waals surface area contributed by atoms with Crippen LogP contribution in [0.25, 0.3) is 0 Å². The quantitative estimate of drug-likeness (QED) is 0.853. The molecule has 1 aromatic carbocycles. The number of hydrogen-bond acceptors (Lipinski definition) is 2. The molecule has 1 aromatic rings. The van der Waals surface area contributed by atoms with Crippen molar-refractivity contribution in [2.75, 3.05) is 13.1 Å². The van der Waals surface area contributed by atoms with Gasteiger partial charge in [0.1, 0.15) is 5.82 Å². The Morgan fingerprint density at radius 3 is 2.81 bits per heavy atom. The molecule has 1 atom stereocenters. The molecular weight excluding hydrogens is 267 g/mol. The van der Waals surface area contributed by atoms with Crippen molar-refractivity contribution in [1.29, 1.82) is 5.26 Å². The van der Waals surface area contributed by atoms with Gasteiger partial charge in [-0.25, -0.2) is 4.39 Å². The number of nitriles is 1. The van der Waals surface area contributed by atoms with Gasteiger partial charge >= 0.3 is 0 Å². The fraction of sp³-hybridized carbons (Fsp3) is 0.529. The normalized spacial score (nSPS) is 21.9. The molecule has 4 heteroatoms. The Hall–Kier alpha value is -1.89. The number of halogens is 1. The molecule has 1 fully saturated rings. The van der Waals surface area contributed by atoms with Gasteiger partial charge in [-0.05, 0) is 50.3 Å². The predicted octanol–water partition coefficient (Wildman–Crippen LogP) is 3.30. The highest BCUT2D eigenvalue weighted by molar-refractivity contribution is 5.76. The first-order valence-electron chi connectivity index (χ1n) is 7.46. The van der Waals surface area contributed by atoms with Gasteiger partial charge in [0.2, 0.25) is 5.91 Å². The summed E-state index contributed by atoms with van der Waals surface area (Å²) in [6, 6.07) is 8.73. The van der Waals surface area contributed by atoms with Gasteiger partial charge in [0.05, 0.1) is 11.5 Å². The van der Waals surface area contributed by atoms with Crippen molar-refractivity contribution in [3.8, 4) is 6.07 Å². The number of amides is 1. The minimum atomic E-state index is -0.398. The highest BCUT2D eigenvalue weighted by atomic mass is 19.1. The molecule has 3 nitrogen and oxygen atoms in total. The molecule has 0 spiro atoms. The van der Waals surface area contributed by atoms with Crippen LogP contribution in [0.4, 0.5) is 4.39 Å². The van der Waals surface area contributed by atoms with Gasteiger partial charge in [-0.2, -0.15) is 5.26 Å². The Kier molecular flexibility index (Phi) is 4.95. The van der Waals surface area contributed by atoms with Crippen molar-refractivity contribution in [1.82, 2.24) is 4.90 Å². The summed E-state index contributed by atoms with van der Waals surface area (Å²) in [5.41, 5.74) is 0.648. The number of carbonyl (C=O) groups is 1. The largest absolute Gasteiger partial charge is 0.341 e. The number of nitrogens with zero attached hydrogens (tertiary/aromatic N) is 2. The SMILES string of the molecule is C[C@@]1(C#N)CCCN(C(=O)CCCc2ccc(F)cc2)C1. The third-order valence-electron chi connectivity index (χ3n) is 4.09. The second-order valence-electron chi connectivity index (χ2n) is 6.07. The molecular formula is C17H21FN2O. The molecule has 21 heavy (non-hydrogen) atoms. The van der Waals surface area contributed by atoms with Crippen LogP contribution in [0, 0.1) is 22.6 Å². The average Bonchev–Trinajstić information content (AvgIpc) is 2.49. The van der Waals surface area contributed by atoms with E-state index in [1.165, 1.54) is 12.1 Å². The summed E-state index contributed by atoms with van der Waals surface area (Å²) < 4.78 is 12.8. The molecule has 0 radical (unpaired) electrons. The molecule has 0 aromatic heterocycles. The first kappa shape index (κ1) is 15.5. The lowest BCUT2D eigenvalue weighted by molar-refractivity contribution is -0.133. The number of benzene rings is 1. The van der Waals surface area contributed by atoms with Crippen LogP contribution in [0.3, 0.4) is 0 Å². The van der Waals surface area contributed by atoms with Crippen molar-refractivity contribution in [2.45, 2.75) is 39.0 Å². The minimum Gasteiger partial charge on any atom is -0.341 e. The predicted molar refractivity (Wildman–Crippen MR) is 78.9 cm³/mol. The molecule has 112 valence electrons. The smallest absolute Gasteiger partial charge is 0.222 e. The molecule has 0 aliphatic carbocycles. The maximum Gasteiger partial charge on any atom is 0.222 e. The van der Waals surface area contributed by atoms with Crippen LogP contribution < -0.4 is 0 Å². The number of aryl methyl sites for hydroxylation is 1. The summed E-state index contributed by atoms with van der Waals surface area (Å²) in [4.78, 5) is 14.0. The van der Waals surface area contributed by atoms with E-state index in [0.717, 1.165) is 37.8 Å². The zero-order chi connectivity index (χ0) is 15.3. The van der Waals surface area contributed by atoms with Gasteiger partial charge in [0.25, 0.3) is 0 Å². The molecule has 1 amide bonds. The Morgan fingerprint density at radius 1 is 1.43 bits per heavy atom. The fourth-order valence-corrected chi connectivity index (χ4v) is 2.80. The van der Waals surface area contributed by atoms with Gasteiger partial charge < -0.3 is 4.90 Å². The minimum absolute atomic E-state index is 0.123. The van der Waals surface area contributed by atoms with Crippen LogP contribution in [0.15, 0.2) is 24.3 Å². The number of likely N-dealkylation sites (tertiary alicyclic amines) is 1. The van der Waals surface area contributed by atoms with E-state index in [-0.39, 0.29) is 11.7 Å². The average molecular weight is 288 g/mol. The van der Waals surface area contributed by atoms with Gasteiger partial charge in [0.15, 0.2) is 0 Å². The summed E-state index contributed by atoms with van der Waals surface area (Å²) in [5.74, 6) is -0.114. The van der Waals surface area contributed by atoms with Crippen molar-refractivity contribution < 1.29 is 9.18 Å². The number of piperidine rings is 1. The van der Waals surface area contributed by atoms with E-state index in [1.807, 2.05) is 11.8 Å². The second-order valence-corrected chi connectivity index (χ2v) is 6.07. The maximum absolute atomic E-state index is 12.8. The van der Waals surface area contributed by atoms with E-state index < -0.39 is 5.41 Å². The summed E-state index contributed by atoms with van der Waals surface area (Å²) in [7, 11) is 0. The number of rotatable bonds is 4. The van der Waals surface area contributed by atoms with Crippen molar-refractivity contribution in [3.05, 3.63) is 35.6 Å². The Bertz CT molecular complexity index is 535. The van der Waals surface area contributed by atoms with Crippen molar-refractivity contribution in [2.24, 2.45) is 5.41 Å². The van der Waals surface area contributed by atoms with Crippen molar-refractivity contribution >= 4 is 5.91 Å². The molecule has 1 heterocycles. The van der Waals surface area contributed by atoms with E-state index >= 15 is 0 Å². The standard InChI is InChI=1S/C17H21FN2O/c1-17(12-19)10-3-11-20(13-17)16(21)5-2-4-14-6-8-15(18)9-7-14/h6-9H,2-5,10-11,13H2,1H3/t17-/m0/s1. The monoisotopic (exact) mass is 288 g/mol. The highest BCUT2D eigenvalue weighted by Crippen LogP contribution is 2.28. The lowest BCUT2D eigenvalue weighted by Gasteiger charge is -2.36. The van der Waals surface area contributed by atoms with Crippen LogP contribution in [0.1, 0.15) is 38.2 Å². The molecule has 0 N–H and O–H groups in total. The lowest BCUT2D eigenvalue weighted by Crippen LogP contribution is -2.44. The van der Waals surface area contributed by atoms with Crippen LogP contribution >= 0.6 is 0 Å². The van der Waals surface area contributed by atoms with Gasteiger partial charge in [-0.3, -0.25) is 4.79 Å². The first-order valence-corrected chi connectivity index (χ1v) is 7.46. The lowest BCUT2D eigenvalue weighted by atomic mass is 9.83. The molecule has 2 rings (SSSR count). The molecule has 0 saturated carbocycles. The number of hydrogen-bond donors (Lipinski definition) is 0. The summed E-state index contributed by atoms with van der Waals surface area (Å²) in [6.45, 7) is 3.22. The Labute approximate surface area is 125 Å². The summed E-state index contributed by atoms with van der Waals surface area (Å²) in [5, 5.41) is 9.18. The third kappa shape index (κ3) is 4.29. The Balaban J connectivity index is 1.79. The van der Waals surface area contributed by atoms with E-state index in [2.05, 4.69) is 6.07 Å². The fourth-order valence-electron chi connectivity index (χ4n) is 2.80. The van der Waals surface area contributed by atoms with Gasteiger partial charge in [-0.1, -0.05) is 12.1 Å². The van der Waals surface area contributed by atoms with Crippen molar-refractivity contribution in [3.63, 3.8) is 0 Å². The molecule has 1 aliphatic rings. The summed E-state index contributed by atoms with van der Waals surface area (Å²) in [6.07, 6.45) is 3.77. The zero-order valence-electron chi connectivity index (χ0n) is 12.4. The molecule has 1 aliphatic heterocycles. The van der Waals surface area contributed by atoms with Crippen LogP contribution in [0.5, 0.6) is 0 Å². The van der Waals surface area contributed by atoms with Crippen LogP contribution in [0.2, 0.25) is 0 Å². The summed E-state index contributed by atoms with van der Waals surface area (Å²) >= 11 is 0. The van der Waals surface area contributed by atoms with E-state index in [0.29, 0.717) is 13.0 Å². The van der Waals surface area contributed by atoms with Gasteiger partial charge in [-0.15, -0.1) is 0 Å². The maximum atomic E-state index is 12.8. The number of carbonyl (C=O) groups excluding carboxylic acids is 1. The van der Waals surface area contributed by atoms with E-state index in [4.69, 9.17) is 0 Å². The second kappa shape index (κ2) is 6.71. The molecule has 0 unspecified atom stereocenters. The molecule has 0 bridgehead atoms. The zero-order valence-corrected chi connectivity index (χ0v) is 12.4. The third-order valence-corrected chi connectivity index (χ3v) is 4.09. The topological polar surface area (TPSA) is 44.1 Å². The van der Waals surface area contributed by atoms with E-state index in [9.17, 15) is 14.4 Å². The van der Waals surface area contributed by atoms with Crippen LogP contribution in [-0.2, 0) is 11.2 Å². The van der Waals surface area contributed by atoms with Crippen LogP contribution in [-0.4, -0.2) is 23.9 Å². The van der Waals surface area contributed by atoms with Gasteiger partial charge in [0, 0.05) is 19.5 Å².